The van der Waals surface area contributed by atoms with Gasteiger partial charge >= 0.3 is 0 Å². The normalized spacial score (nSPS) is 23.9. The topological polar surface area (TPSA) is 15.8 Å². The lowest BCUT2D eigenvalue weighted by Crippen LogP contribution is -2.27. The maximum Gasteiger partial charge on any atom is 0.0896 e. The van der Waals surface area contributed by atoms with Gasteiger partial charge in [0.05, 0.1) is 4.75 Å². The molecule has 1 saturated heterocycles. The molecule has 2 aromatic carbocycles. The molecule has 1 aliphatic rings. The first-order valence-electron chi connectivity index (χ1n) is 8.82. The van der Waals surface area contributed by atoms with E-state index >= 15 is 0 Å². The van der Waals surface area contributed by atoms with Crippen LogP contribution < -0.4 is 0 Å². The van der Waals surface area contributed by atoms with E-state index < -0.39 is 0 Å². The summed E-state index contributed by atoms with van der Waals surface area (Å²) < 4.78 is 0.0286. The van der Waals surface area contributed by atoms with Crippen molar-refractivity contribution in [1.82, 2.24) is 4.98 Å². The fourth-order valence-corrected chi connectivity index (χ4v) is 6.92. The second-order valence-electron chi connectivity index (χ2n) is 6.66. The lowest BCUT2D eigenvalue weighted by atomic mass is 9.96. The van der Waals surface area contributed by atoms with Gasteiger partial charge in [-0.25, -0.2) is 0 Å². The number of hydrogen-bond donors (Lipinski definition) is 1. The van der Waals surface area contributed by atoms with E-state index in [0.29, 0.717) is 0 Å². The Morgan fingerprint density at radius 3 is 2.36 bits per heavy atom. The molecule has 1 nitrogen and oxygen atoms in total. The third-order valence-electron chi connectivity index (χ3n) is 4.86. The average Bonchev–Trinajstić information content (AvgIpc) is 3.13. The minimum Gasteiger partial charge on any atom is -0.364 e. The Kier molecular flexibility index (Phi) is 5.23. The number of H-pyrrole nitrogens is 1. The quantitative estimate of drug-likeness (QED) is 0.648. The minimum absolute atomic E-state index is 0.0286. The van der Waals surface area contributed by atoms with Gasteiger partial charge in [-0.15, -0.1) is 11.8 Å². The number of hydrogen-bond acceptors (Lipinski definition) is 2. The van der Waals surface area contributed by atoms with E-state index in [9.17, 15) is 0 Å². The van der Waals surface area contributed by atoms with Crippen LogP contribution >= 0.6 is 23.5 Å². The lowest BCUT2D eigenvalue weighted by molar-refractivity contribution is 0.671. The third-order valence-corrected chi connectivity index (χ3v) is 8.12. The number of aromatic nitrogens is 1. The van der Waals surface area contributed by atoms with Crippen molar-refractivity contribution >= 4 is 23.5 Å². The zero-order valence-corrected chi connectivity index (χ0v) is 15.9. The maximum absolute atomic E-state index is 3.50. The number of nitrogens with one attached hydrogen (secondary N) is 1. The van der Waals surface area contributed by atoms with Crippen LogP contribution in [0.4, 0.5) is 0 Å². The molecule has 3 aromatic rings. The highest BCUT2D eigenvalue weighted by molar-refractivity contribution is 8.04. The van der Waals surface area contributed by atoms with Crippen LogP contribution in [0.3, 0.4) is 0 Å². The van der Waals surface area contributed by atoms with E-state index in [0.717, 1.165) is 11.7 Å². The summed E-state index contributed by atoms with van der Waals surface area (Å²) in [6.45, 7) is 0. The van der Waals surface area contributed by atoms with Crippen molar-refractivity contribution in [3.05, 3.63) is 95.8 Å². The van der Waals surface area contributed by atoms with Gasteiger partial charge in [-0.3, -0.25) is 0 Å². The van der Waals surface area contributed by atoms with Gasteiger partial charge in [0.1, 0.15) is 0 Å². The predicted octanol–water partition coefficient (Wildman–Crippen LogP) is 5.60. The predicted molar refractivity (Wildman–Crippen MR) is 111 cm³/mol. The summed E-state index contributed by atoms with van der Waals surface area (Å²) in [6.07, 6.45) is 3.23. The molecule has 3 heteroatoms. The molecular weight excluding hydrogens is 342 g/mol. The van der Waals surface area contributed by atoms with Crippen LogP contribution in [-0.4, -0.2) is 22.2 Å². The standard InChI is InChI=1S/C22H23NS2/c1-3-8-18(9-4-1)14-19-15-24-17-22(25-16-19,21-12-7-13-23-21)20-10-5-2-6-11-20/h1-13,19,23H,14-17H2/t19-,22+/m0/s1. The van der Waals surface area contributed by atoms with Crippen LogP contribution in [0, 0.1) is 5.92 Å². The fourth-order valence-electron chi connectivity index (χ4n) is 3.55. The van der Waals surface area contributed by atoms with Crippen LogP contribution in [-0.2, 0) is 11.2 Å². The molecular formula is C22H23NS2. The Labute approximate surface area is 158 Å². The molecule has 128 valence electrons. The molecule has 1 aliphatic heterocycles. The zero-order valence-electron chi connectivity index (χ0n) is 14.2. The molecule has 2 heterocycles. The Bertz CT molecular complexity index is 770. The van der Waals surface area contributed by atoms with Crippen molar-refractivity contribution in [2.24, 2.45) is 5.92 Å². The van der Waals surface area contributed by atoms with E-state index in [1.165, 1.54) is 34.7 Å². The van der Waals surface area contributed by atoms with Crippen molar-refractivity contribution < 1.29 is 0 Å². The van der Waals surface area contributed by atoms with Gasteiger partial charge < -0.3 is 4.98 Å². The molecule has 0 amide bonds. The Morgan fingerprint density at radius 1 is 0.880 bits per heavy atom. The summed E-state index contributed by atoms with van der Waals surface area (Å²) in [7, 11) is 0. The fraction of sp³-hybridized carbons (Fsp3) is 0.273. The molecule has 25 heavy (non-hydrogen) atoms. The SMILES string of the molecule is c1ccc(C[C@H]2CSC[C@@](c3ccccc3)(c3ccc[nH]3)SC2)cc1. The first-order chi connectivity index (χ1) is 12.4. The summed E-state index contributed by atoms with van der Waals surface area (Å²) in [5.41, 5.74) is 4.20. The van der Waals surface area contributed by atoms with Crippen molar-refractivity contribution in [2.45, 2.75) is 11.2 Å². The van der Waals surface area contributed by atoms with E-state index in [1.54, 1.807) is 0 Å². The molecule has 0 radical (unpaired) electrons. The van der Waals surface area contributed by atoms with Gasteiger partial charge in [-0.1, -0.05) is 60.7 Å². The third kappa shape index (κ3) is 3.68. The van der Waals surface area contributed by atoms with Crippen molar-refractivity contribution in [3.63, 3.8) is 0 Å². The monoisotopic (exact) mass is 365 g/mol. The van der Waals surface area contributed by atoms with Gasteiger partial charge in [-0.05, 0) is 47.1 Å². The molecule has 0 bridgehead atoms. The Hall–Kier alpha value is -1.58. The molecule has 0 spiro atoms. The summed E-state index contributed by atoms with van der Waals surface area (Å²) in [6, 6.07) is 26.3. The summed E-state index contributed by atoms with van der Waals surface area (Å²) in [5.74, 6) is 4.26. The highest BCUT2D eigenvalue weighted by Gasteiger charge is 2.38. The lowest BCUT2D eigenvalue weighted by Gasteiger charge is -2.32. The van der Waals surface area contributed by atoms with Gasteiger partial charge in [-0.2, -0.15) is 11.8 Å². The second kappa shape index (κ2) is 7.76. The van der Waals surface area contributed by atoms with E-state index in [4.69, 9.17) is 0 Å². The van der Waals surface area contributed by atoms with Crippen LogP contribution in [0.25, 0.3) is 0 Å². The maximum atomic E-state index is 3.50. The minimum atomic E-state index is 0.0286. The number of benzene rings is 2. The second-order valence-corrected chi connectivity index (χ2v) is 9.01. The molecule has 1 aromatic heterocycles. The zero-order chi connectivity index (χ0) is 17.0. The van der Waals surface area contributed by atoms with Gasteiger partial charge in [0.2, 0.25) is 0 Å². The van der Waals surface area contributed by atoms with Crippen LogP contribution in [0.1, 0.15) is 16.8 Å². The van der Waals surface area contributed by atoms with E-state index in [1.807, 2.05) is 0 Å². The molecule has 0 saturated carbocycles. The van der Waals surface area contributed by atoms with Crippen molar-refractivity contribution in [1.29, 1.82) is 0 Å². The molecule has 1 fully saturated rings. The van der Waals surface area contributed by atoms with Crippen LogP contribution in [0.2, 0.25) is 0 Å². The largest absolute Gasteiger partial charge is 0.364 e. The van der Waals surface area contributed by atoms with Gasteiger partial charge in [0.25, 0.3) is 0 Å². The van der Waals surface area contributed by atoms with Crippen molar-refractivity contribution in [2.75, 3.05) is 17.3 Å². The molecule has 4 rings (SSSR count). The van der Waals surface area contributed by atoms with Crippen LogP contribution in [0.5, 0.6) is 0 Å². The molecule has 0 unspecified atom stereocenters. The summed E-state index contributed by atoms with van der Waals surface area (Å²) >= 11 is 4.22. The highest BCUT2D eigenvalue weighted by Crippen LogP contribution is 2.48. The first kappa shape index (κ1) is 16.9. The number of thioether (sulfide) groups is 2. The molecule has 1 N–H and O–H groups in total. The first-order valence-corrected chi connectivity index (χ1v) is 11.0. The van der Waals surface area contributed by atoms with E-state index in [2.05, 4.69) is 108 Å². The molecule has 0 aliphatic carbocycles. The highest BCUT2D eigenvalue weighted by atomic mass is 32.2. The Balaban J connectivity index is 1.59. The average molecular weight is 366 g/mol. The number of aromatic amines is 1. The number of rotatable bonds is 4. The Morgan fingerprint density at radius 2 is 1.64 bits per heavy atom. The van der Waals surface area contributed by atoms with Gasteiger partial charge in [0.15, 0.2) is 0 Å². The smallest absolute Gasteiger partial charge is 0.0896 e. The van der Waals surface area contributed by atoms with Gasteiger partial charge in [0, 0.05) is 17.6 Å². The van der Waals surface area contributed by atoms with Crippen molar-refractivity contribution in [3.8, 4) is 0 Å². The van der Waals surface area contributed by atoms with Crippen LogP contribution in [0.15, 0.2) is 79.0 Å². The summed E-state index contributed by atoms with van der Waals surface area (Å²) in [5, 5.41) is 0. The summed E-state index contributed by atoms with van der Waals surface area (Å²) in [4.78, 5) is 3.50. The molecule has 2 atom stereocenters. The van der Waals surface area contributed by atoms with E-state index in [-0.39, 0.29) is 4.75 Å².